The highest BCUT2D eigenvalue weighted by Gasteiger charge is 2.13. The molecule has 0 radical (unpaired) electrons. The average Bonchev–Trinajstić information content (AvgIpc) is 2.72. The lowest BCUT2D eigenvalue weighted by atomic mass is 10.1. The summed E-state index contributed by atoms with van der Waals surface area (Å²) in [5.41, 5.74) is 2.74. The van der Waals surface area contributed by atoms with Crippen molar-refractivity contribution in [2.75, 3.05) is 14.2 Å². The number of carbonyl (C=O) groups is 1. The molecule has 0 N–H and O–H groups in total. The molecule has 0 aliphatic heterocycles. The fourth-order valence-electron chi connectivity index (χ4n) is 3.22. The number of ketones is 1. The van der Waals surface area contributed by atoms with Crippen LogP contribution in [0.4, 0.5) is 0 Å². The third-order valence-electron chi connectivity index (χ3n) is 4.62. The molecule has 6 nitrogen and oxygen atoms in total. The van der Waals surface area contributed by atoms with Crippen LogP contribution in [0.5, 0.6) is 11.5 Å². The molecule has 0 fully saturated rings. The molecular formula is C23H23BrN2O4. The van der Waals surface area contributed by atoms with Gasteiger partial charge in [0.05, 0.1) is 19.9 Å². The highest BCUT2D eigenvalue weighted by molar-refractivity contribution is 9.10. The van der Waals surface area contributed by atoms with E-state index in [-0.39, 0.29) is 24.3 Å². The number of ether oxygens (including phenoxy) is 2. The van der Waals surface area contributed by atoms with E-state index in [4.69, 9.17) is 9.47 Å². The molecule has 1 heterocycles. The number of aryl methyl sites for hydroxylation is 1. The van der Waals surface area contributed by atoms with Crippen LogP contribution >= 0.6 is 15.9 Å². The van der Waals surface area contributed by atoms with Crippen molar-refractivity contribution in [2.45, 2.75) is 26.3 Å². The maximum atomic E-state index is 12.9. The van der Waals surface area contributed by atoms with Gasteiger partial charge in [0.25, 0.3) is 5.56 Å². The Bertz CT molecular complexity index is 1080. The van der Waals surface area contributed by atoms with Gasteiger partial charge >= 0.3 is 0 Å². The van der Waals surface area contributed by atoms with Crippen LogP contribution in [0.15, 0.2) is 57.8 Å². The van der Waals surface area contributed by atoms with Gasteiger partial charge in [0.1, 0.15) is 18.0 Å². The zero-order chi connectivity index (χ0) is 21.7. The molecule has 0 spiro atoms. The van der Waals surface area contributed by atoms with Crippen molar-refractivity contribution in [3.8, 4) is 11.5 Å². The molecule has 3 aromatic rings. The second-order valence-corrected chi connectivity index (χ2v) is 7.93. The zero-order valence-corrected chi connectivity index (χ0v) is 18.7. The van der Waals surface area contributed by atoms with Crippen LogP contribution in [0.1, 0.15) is 22.4 Å². The number of nitrogens with zero attached hydrogens (tertiary/aromatic N) is 2. The first-order valence-corrected chi connectivity index (χ1v) is 10.2. The van der Waals surface area contributed by atoms with E-state index in [2.05, 4.69) is 21.0 Å². The summed E-state index contributed by atoms with van der Waals surface area (Å²) in [6, 6.07) is 14.8. The summed E-state index contributed by atoms with van der Waals surface area (Å²) in [4.78, 5) is 25.5. The lowest BCUT2D eigenvalue weighted by Crippen LogP contribution is -2.30. The van der Waals surface area contributed by atoms with Crippen LogP contribution in [0.2, 0.25) is 0 Å². The standard InChI is InChI=1S/C23H23BrN2O4/c1-15-8-18(9-17-11-21(29-2)13-22(12-17)30-3)23(28)26(25-15)14-20(27)10-16-4-6-19(24)7-5-16/h4-8,11-13H,9-10,14H2,1-3H3. The first-order valence-electron chi connectivity index (χ1n) is 9.43. The maximum absolute atomic E-state index is 12.9. The number of aromatic nitrogens is 2. The number of carbonyl (C=O) groups excluding carboxylic acids is 1. The molecule has 0 bridgehead atoms. The van der Waals surface area contributed by atoms with Gasteiger partial charge in [-0.2, -0.15) is 5.10 Å². The van der Waals surface area contributed by atoms with Crippen molar-refractivity contribution in [1.82, 2.24) is 9.78 Å². The van der Waals surface area contributed by atoms with Crippen molar-refractivity contribution in [3.05, 3.63) is 85.7 Å². The van der Waals surface area contributed by atoms with E-state index < -0.39 is 0 Å². The highest BCUT2D eigenvalue weighted by Crippen LogP contribution is 2.23. The van der Waals surface area contributed by atoms with E-state index in [1.54, 1.807) is 26.4 Å². The Morgan fingerprint density at radius 2 is 1.63 bits per heavy atom. The molecule has 1 aromatic heterocycles. The Balaban J connectivity index is 1.82. The van der Waals surface area contributed by atoms with Crippen molar-refractivity contribution >= 4 is 21.7 Å². The number of hydrogen-bond donors (Lipinski definition) is 0. The van der Waals surface area contributed by atoms with Crippen molar-refractivity contribution in [1.29, 1.82) is 0 Å². The molecule has 0 saturated carbocycles. The third-order valence-corrected chi connectivity index (χ3v) is 5.15. The van der Waals surface area contributed by atoms with Gasteiger partial charge in [-0.1, -0.05) is 28.1 Å². The van der Waals surface area contributed by atoms with Gasteiger partial charge < -0.3 is 9.47 Å². The van der Waals surface area contributed by atoms with Crippen molar-refractivity contribution < 1.29 is 14.3 Å². The molecule has 0 aliphatic carbocycles. The largest absolute Gasteiger partial charge is 0.497 e. The molecular weight excluding hydrogens is 448 g/mol. The van der Waals surface area contributed by atoms with Gasteiger partial charge in [0, 0.05) is 28.9 Å². The number of halogens is 1. The summed E-state index contributed by atoms with van der Waals surface area (Å²) in [7, 11) is 3.17. The lowest BCUT2D eigenvalue weighted by Gasteiger charge is -2.11. The quantitative estimate of drug-likeness (QED) is 0.501. The molecule has 156 valence electrons. The highest BCUT2D eigenvalue weighted by atomic mass is 79.9. The Morgan fingerprint density at radius 3 is 2.23 bits per heavy atom. The van der Waals surface area contributed by atoms with Crippen LogP contribution in [-0.2, 0) is 24.2 Å². The van der Waals surface area contributed by atoms with Gasteiger partial charge in [0.15, 0.2) is 5.78 Å². The summed E-state index contributed by atoms with van der Waals surface area (Å²) in [6.07, 6.45) is 0.633. The Kier molecular flexibility index (Phi) is 7.05. The second-order valence-electron chi connectivity index (χ2n) is 7.01. The summed E-state index contributed by atoms with van der Waals surface area (Å²) in [5.74, 6) is 1.23. The van der Waals surface area contributed by atoms with Crippen LogP contribution in [0.3, 0.4) is 0 Å². The minimum absolute atomic E-state index is 0.0645. The molecule has 7 heteroatoms. The topological polar surface area (TPSA) is 70.4 Å². The Morgan fingerprint density at radius 1 is 1.00 bits per heavy atom. The first-order chi connectivity index (χ1) is 14.4. The minimum atomic E-state index is -0.272. The summed E-state index contributed by atoms with van der Waals surface area (Å²) < 4.78 is 12.8. The predicted octanol–water partition coefficient (Wildman–Crippen LogP) is 3.73. The molecule has 0 saturated heterocycles. The maximum Gasteiger partial charge on any atom is 0.270 e. The molecule has 3 rings (SSSR count). The van der Waals surface area contributed by atoms with Crippen LogP contribution < -0.4 is 15.0 Å². The van der Waals surface area contributed by atoms with E-state index in [0.717, 1.165) is 15.6 Å². The smallest absolute Gasteiger partial charge is 0.270 e. The Labute approximate surface area is 183 Å². The fourth-order valence-corrected chi connectivity index (χ4v) is 3.48. The summed E-state index contributed by atoms with van der Waals surface area (Å²) >= 11 is 3.38. The Hall–Kier alpha value is -2.93. The number of rotatable bonds is 8. The summed E-state index contributed by atoms with van der Waals surface area (Å²) in [6.45, 7) is 1.75. The van der Waals surface area contributed by atoms with E-state index in [0.29, 0.717) is 29.2 Å². The average molecular weight is 471 g/mol. The van der Waals surface area contributed by atoms with E-state index >= 15 is 0 Å². The van der Waals surface area contributed by atoms with Crippen LogP contribution in [-0.4, -0.2) is 29.8 Å². The molecule has 2 aromatic carbocycles. The van der Waals surface area contributed by atoms with Crippen molar-refractivity contribution in [2.24, 2.45) is 0 Å². The van der Waals surface area contributed by atoms with Crippen LogP contribution in [0.25, 0.3) is 0 Å². The second kappa shape index (κ2) is 9.71. The SMILES string of the molecule is COc1cc(Cc2cc(C)nn(CC(=O)Cc3ccc(Br)cc3)c2=O)cc(OC)c1. The molecule has 0 amide bonds. The monoisotopic (exact) mass is 470 g/mol. The predicted molar refractivity (Wildman–Crippen MR) is 118 cm³/mol. The number of hydrogen-bond acceptors (Lipinski definition) is 5. The van der Waals surface area contributed by atoms with Gasteiger partial charge in [0.2, 0.25) is 0 Å². The van der Waals surface area contributed by atoms with Gasteiger partial charge in [-0.15, -0.1) is 0 Å². The first kappa shape index (κ1) is 21.8. The van der Waals surface area contributed by atoms with Gasteiger partial charge in [-0.05, 0) is 48.4 Å². The number of methoxy groups -OCH3 is 2. The zero-order valence-electron chi connectivity index (χ0n) is 17.1. The number of benzene rings is 2. The van der Waals surface area contributed by atoms with Gasteiger partial charge in [-0.3, -0.25) is 9.59 Å². The molecule has 0 unspecified atom stereocenters. The van der Waals surface area contributed by atoms with Crippen LogP contribution in [0, 0.1) is 6.92 Å². The van der Waals surface area contributed by atoms with Gasteiger partial charge in [-0.25, -0.2) is 4.68 Å². The molecule has 0 aliphatic rings. The molecule has 30 heavy (non-hydrogen) atoms. The number of Topliss-reactive ketones (excluding diaryl/α,β-unsaturated/α-hetero) is 1. The third kappa shape index (κ3) is 5.57. The molecule has 0 atom stereocenters. The normalized spacial score (nSPS) is 10.7. The minimum Gasteiger partial charge on any atom is -0.497 e. The van der Waals surface area contributed by atoms with E-state index in [1.165, 1.54) is 4.68 Å². The van der Waals surface area contributed by atoms with Crippen molar-refractivity contribution in [3.63, 3.8) is 0 Å². The summed E-state index contributed by atoms with van der Waals surface area (Å²) in [5, 5.41) is 4.26. The van der Waals surface area contributed by atoms with E-state index in [9.17, 15) is 9.59 Å². The fraction of sp³-hybridized carbons (Fsp3) is 0.261. The van der Waals surface area contributed by atoms with E-state index in [1.807, 2.05) is 43.3 Å². The lowest BCUT2D eigenvalue weighted by molar-refractivity contribution is -0.119.